The zero-order chi connectivity index (χ0) is 12.0. The highest BCUT2D eigenvalue weighted by molar-refractivity contribution is 5.84. The van der Waals surface area contributed by atoms with Crippen LogP contribution in [0.25, 0.3) is 0 Å². The normalized spacial score (nSPS) is 22.1. The van der Waals surface area contributed by atoms with Crippen LogP contribution in [0.5, 0.6) is 0 Å². The van der Waals surface area contributed by atoms with Gasteiger partial charge in [0.25, 0.3) is 0 Å². The summed E-state index contributed by atoms with van der Waals surface area (Å²) in [5.41, 5.74) is 5.72. The molecule has 6 heteroatoms. The minimum atomic E-state index is -0.714. The molecule has 0 bridgehead atoms. The Morgan fingerprint density at radius 2 is 2.44 bits per heavy atom. The third-order valence-electron chi connectivity index (χ3n) is 2.33. The van der Waals surface area contributed by atoms with Gasteiger partial charge in [-0.3, -0.25) is 10.2 Å². The van der Waals surface area contributed by atoms with E-state index in [9.17, 15) is 9.59 Å². The number of hydrogen-bond donors (Lipinski definition) is 4. The second-order valence-electron chi connectivity index (χ2n) is 3.79. The van der Waals surface area contributed by atoms with Crippen LogP contribution in [0.2, 0.25) is 0 Å². The molecule has 0 aromatic carbocycles. The molecule has 2 atom stereocenters. The maximum absolute atomic E-state index is 11.7. The number of carbonyl (C=O) groups excluding carboxylic acids is 2. The van der Waals surface area contributed by atoms with Crippen molar-refractivity contribution in [3.63, 3.8) is 0 Å². The lowest BCUT2D eigenvalue weighted by molar-refractivity contribution is -0.126. The van der Waals surface area contributed by atoms with Crippen LogP contribution in [0.4, 0.5) is 0 Å². The predicted molar refractivity (Wildman–Crippen MR) is 58.5 cm³/mol. The standard InChI is InChI=1S/C10H17N3O3/c1-7(15)5-8(6-14)12-10(16)9-3-2-4-11-13-9/h6,8-9,11,13,15H,1-5H2,(H,12,16)/t8-,9-/m0/s1. The van der Waals surface area contributed by atoms with E-state index in [0.717, 1.165) is 19.4 Å². The summed E-state index contributed by atoms with van der Waals surface area (Å²) in [6.07, 6.45) is 2.28. The first kappa shape index (κ1) is 12.7. The highest BCUT2D eigenvalue weighted by Crippen LogP contribution is 2.02. The molecule has 0 aromatic heterocycles. The molecule has 0 aliphatic carbocycles. The molecule has 0 unspecified atom stereocenters. The fourth-order valence-electron chi connectivity index (χ4n) is 1.53. The lowest BCUT2D eigenvalue weighted by Crippen LogP contribution is -2.55. The molecule has 1 fully saturated rings. The Hall–Kier alpha value is -1.40. The molecule has 4 N–H and O–H groups in total. The van der Waals surface area contributed by atoms with Crippen molar-refractivity contribution in [1.82, 2.24) is 16.2 Å². The van der Waals surface area contributed by atoms with E-state index in [1.165, 1.54) is 0 Å². The van der Waals surface area contributed by atoms with Crippen LogP contribution in [0, 0.1) is 0 Å². The van der Waals surface area contributed by atoms with Gasteiger partial charge in [0, 0.05) is 13.0 Å². The summed E-state index contributed by atoms with van der Waals surface area (Å²) in [5.74, 6) is -0.363. The molecule has 16 heavy (non-hydrogen) atoms. The van der Waals surface area contributed by atoms with Crippen molar-refractivity contribution in [2.24, 2.45) is 0 Å². The summed E-state index contributed by atoms with van der Waals surface area (Å²) in [7, 11) is 0. The van der Waals surface area contributed by atoms with Gasteiger partial charge in [-0.05, 0) is 12.8 Å². The van der Waals surface area contributed by atoms with E-state index in [-0.39, 0.29) is 24.1 Å². The largest absolute Gasteiger partial charge is 0.513 e. The minimum absolute atomic E-state index is 0.0510. The summed E-state index contributed by atoms with van der Waals surface area (Å²) in [5, 5.41) is 11.5. The first-order chi connectivity index (χ1) is 7.63. The van der Waals surface area contributed by atoms with Gasteiger partial charge in [0.15, 0.2) is 0 Å². The molecule has 1 heterocycles. The molecule has 90 valence electrons. The van der Waals surface area contributed by atoms with Crippen molar-refractivity contribution in [1.29, 1.82) is 0 Å². The van der Waals surface area contributed by atoms with Gasteiger partial charge in [0.05, 0.1) is 17.8 Å². The van der Waals surface area contributed by atoms with E-state index in [2.05, 4.69) is 22.7 Å². The highest BCUT2D eigenvalue weighted by atomic mass is 16.3. The second kappa shape index (κ2) is 6.24. The van der Waals surface area contributed by atoms with Crippen molar-refractivity contribution in [2.45, 2.75) is 31.3 Å². The maximum atomic E-state index is 11.7. The molecule has 1 rings (SSSR count). The van der Waals surface area contributed by atoms with E-state index < -0.39 is 6.04 Å². The molecule has 1 aliphatic heterocycles. The quantitative estimate of drug-likeness (QED) is 0.371. The van der Waals surface area contributed by atoms with Crippen molar-refractivity contribution in [2.75, 3.05) is 6.54 Å². The number of rotatable bonds is 5. The molecule has 1 saturated heterocycles. The average Bonchev–Trinajstić information content (AvgIpc) is 2.28. The minimum Gasteiger partial charge on any atom is -0.513 e. The van der Waals surface area contributed by atoms with Gasteiger partial charge < -0.3 is 15.2 Å². The third kappa shape index (κ3) is 4.00. The van der Waals surface area contributed by atoms with E-state index in [1.54, 1.807) is 0 Å². The number of hydrogen-bond acceptors (Lipinski definition) is 5. The van der Waals surface area contributed by atoms with Gasteiger partial charge in [0.2, 0.25) is 5.91 Å². The van der Waals surface area contributed by atoms with Gasteiger partial charge in [-0.1, -0.05) is 6.58 Å². The van der Waals surface area contributed by atoms with E-state index >= 15 is 0 Å². The number of nitrogens with one attached hydrogen (secondary N) is 3. The van der Waals surface area contributed by atoms with Gasteiger partial charge in [0.1, 0.15) is 6.29 Å². The summed E-state index contributed by atoms with van der Waals surface area (Å²) >= 11 is 0. The second-order valence-corrected chi connectivity index (χ2v) is 3.79. The van der Waals surface area contributed by atoms with Crippen LogP contribution >= 0.6 is 0 Å². The van der Waals surface area contributed by atoms with Gasteiger partial charge in [-0.25, -0.2) is 5.43 Å². The first-order valence-electron chi connectivity index (χ1n) is 5.24. The zero-order valence-electron chi connectivity index (χ0n) is 9.03. The molecular weight excluding hydrogens is 210 g/mol. The number of carbonyl (C=O) groups is 2. The lowest BCUT2D eigenvalue weighted by atomic mass is 10.1. The van der Waals surface area contributed by atoms with E-state index in [4.69, 9.17) is 5.11 Å². The summed E-state index contributed by atoms with van der Waals surface area (Å²) < 4.78 is 0. The fraction of sp³-hybridized carbons (Fsp3) is 0.600. The summed E-state index contributed by atoms with van der Waals surface area (Å²) in [6.45, 7) is 4.11. The van der Waals surface area contributed by atoms with Crippen LogP contribution in [0.1, 0.15) is 19.3 Å². The van der Waals surface area contributed by atoms with Crippen LogP contribution in [-0.2, 0) is 9.59 Å². The van der Waals surface area contributed by atoms with Crippen LogP contribution < -0.4 is 16.2 Å². The molecular formula is C10H17N3O3. The number of aldehydes is 1. The Bertz CT molecular complexity index is 274. The van der Waals surface area contributed by atoms with Crippen LogP contribution in [0.15, 0.2) is 12.3 Å². The average molecular weight is 227 g/mol. The highest BCUT2D eigenvalue weighted by Gasteiger charge is 2.22. The molecule has 0 radical (unpaired) electrons. The van der Waals surface area contributed by atoms with Crippen molar-refractivity contribution >= 4 is 12.2 Å². The Morgan fingerprint density at radius 1 is 1.69 bits per heavy atom. The van der Waals surface area contributed by atoms with E-state index in [1.807, 2.05) is 0 Å². The Balaban J connectivity index is 2.41. The zero-order valence-corrected chi connectivity index (χ0v) is 9.03. The lowest BCUT2D eigenvalue weighted by Gasteiger charge is -2.24. The fourth-order valence-corrected chi connectivity index (χ4v) is 1.53. The van der Waals surface area contributed by atoms with Gasteiger partial charge in [-0.15, -0.1) is 0 Å². The van der Waals surface area contributed by atoms with Gasteiger partial charge >= 0.3 is 0 Å². The number of hydrazine groups is 1. The van der Waals surface area contributed by atoms with E-state index in [0.29, 0.717) is 6.29 Å². The number of aliphatic hydroxyl groups is 1. The topological polar surface area (TPSA) is 90.5 Å². The molecule has 0 saturated carbocycles. The molecule has 6 nitrogen and oxygen atoms in total. The predicted octanol–water partition coefficient (Wildman–Crippen LogP) is -0.611. The summed E-state index contributed by atoms with van der Waals surface area (Å²) in [6, 6.07) is -1.04. The maximum Gasteiger partial charge on any atom is 0.239 e. The van der Waals surface area contributed by atoms with Crippen molar-refractivity contribution < 1.29 is 14.7 Å². The Labute approximate surface area is 94.1 Å². The summed E-state index contributed by atoms with van der Waals surface area (Å²) in [4.78, 5) is 22.3. The number of amides is 1. The van der Waals surface area contributed by atoms with Crippen LogP contribution in [-0.4, -0.2) is 35.9 Å². The first-order valence-corrected chi connectivity index (χ1v) is 5.24. The molecule has 0 aromatic rings. The molecule has 1 aliphatic rings. The number of aliphatic hydroxyl groups excluding tert-OH is 1. The van der Waals surface area contributed by atoms with Crippen molar-refractivity contribution in [3.8, 4) is 0 Å². The monoisotopic (exact) mass is 227 g/mol. The van der Waals surface area contributed by atoms with Gasteiger partial charge in [-0.2, -0.15) is 0 Å². The van der Waals surface area contributed by atoms with Crippen LogP contribution in [0.3, 0.4) is 0 Å². The molecule has 1 amide bonds. The Morgan fingerprint density at radius 3 is 2.94 bits per heavy atom. The smallest absolute Gasteiger partial charge is 0.239 e. The molecule has 0 spiro atoms. The SMILES string of the molecule is C=C(O)C[C@@H](C=O)NC(=O)[C@@H]1CCCNN1. The third-order valence-corrected chi connectivity index (χ3v) is 2.33. The Kier molecular flexibility index (Phi) is 4.94. The van der Waals surface area contributed by atoms with Crippen molar-refractivity contribution in [3.05, 3.63) is 12.3 Å².